The minimum absolute atomic E-state index is 0.0213. The molecule has 0 saturated heterocycles. The Bertz CT molecular complexity index is 1740. The quantitative estimate of drug-likeness (QED) is 0.231. The standard InChI is InChI=1S/C28H25Cl2N3O5S2/c1-19-6-14-25(15-7-19)40(37,38)33(27-5-3-4-26(30)20(27)2)18-28(34)31-22-12-16-24(17-13-22)39(35,36)32-23-10-8-21(29)9-11-23/h3-17,32H,18H2,1-2H3,(H,31,34). The molecule has 0 saturated carbocycles. The van der Waals surface area contributed by atoms with Crippen molar-refractivity contribution >= 4 is 66.2 Å². The van der Waals surface area contributed by atoms with E-state index in [1.54, 1.807) is 49.4 Å². The molecule has 8 nitrogen and oxygen atoms in total. The summed E-state index contributed by atoms with van der Waals surface area (Å²) in [5, 5.41) is 3.46. The average molecular weight is 619 g/mol. The maximum absolute atomic E-state index is 13.6. The summed E-state index contributed by atoms with van der Waals surface area (Å²) in [5.74, 6) is -0.634. The van der Waals surface area contributed by atoms with Gasteiger partial charge < -0.3 is 5.32 Å². The van der Waals surface area contributed by atoms with Crippen LogP contribution in [0, 0.1) is 13.8 Å². The van der Waals surface area contributed by atoms with E-state index < -0.39 is 32.5 Å². The summed E-state index contributed by atoms with van der Waals surface area (Å²) in [6.07, 6.45) is 0. The average Bonchev–Trinajstić information content (AvgIpc) is 2.91. The van der Waals surface area contributed by atoms with Crippen LogP contribution in [0.4, 0.5) is 17.1 Å². The van der Waals surface area contributed by atoms with Gasteiger partial charge in [-0.1, -0.05) is 47.0 Å². The van der Waals surface area contributed by atoms with Crippen molar-refractivity contribution in [2.45, 2.75) is 23.6 Å². The maximum atomic E-state index is 13.6. The molecule has 0 fully saturated rings. The first-order chi connectivity index (χ1) is 18.9. The van der Waals surface area contributed by atoms with Crippen LogP contribution in [-0.4, -0.2) is 29.3 Å². The number of anilines is 3. The second kappa shape index (κ2) is 11.9. The fraction of sp³-hybridized carbons (Fsp3) is 0.107. The normalized spacial score (nSPS) is 11.6. The lowest BCUT2D eigenvalue weighted by Gasteiger charge is -2.26. The van der Waals surface area contributed by atoms with Gasteiger partial charge in [0.25, 0.3) is 20.0 Å². The molecule has 0 aliphatic heterocycles. The first-order valence-electron chi connectivity index (χ1n) is 11.9. The Morgan fingerprint density at radius 2 is 1.32 bits per heavy atom. The second-order valence-electron chi connectivity index (χ2n) is 8.89. The van der Waals surface area contributed by atoms with E-state index in [1.165, 1.54) is 48.5 Å². The van der Waals surface area contributed by atoms with Crippen molar-refractivity contribution < 1.29 is 21.6 Å². The van der Waals surface area contributed by atoms with Crippen molar-refractivity contribution in [3.8, 4) is 0 Å². The summed E-state index contributed by atoms with van der Waals surface area (Å²) in [4.78, 5) is 13.1. The van der Waals surface area contributed by atoms with Crippen LogP contribution in [0.2, 0.25) is 10.0 Å². The molecule has 0 aliphatic rings. The van der Waals surface area contributed by atoms with Gasteiger partial charge in [0.15, 0.2) is 0 Å². The van der Waals surface area contributed by atoms with E-state index in [2.05, 4.69) is 10.0 Å². The van der Waals surface area contributed by atoms with Gasteiger partial charge in [0, 0.05) is 21.4 Å². The van der Waals surface area contributed by atoms with Crippen molar-refractivity contribution in [1.29, 1.82) is 0 Å². The van der Waals surface area contributed by atoms with E-state index in [-0.39, 0.29) is 21.2 Å². The van der Waals surface area contributed by atoms with Crippen LogP contribution in [0.5, 0.6) is 0 Å². The molecule has 208 valence electrons. The molecule has 40 heavy (non-hydrogen) atoms. The topological polar surface area (TPSA) is 113 Å². The molecule has 0 aliphatic carbocycles. The van der Waals surface area contributed by atoms with Gasteiger partial charge in [-0.05, 0) is 92.2 Å². The molecule has 4 aromatic carbocycles. The van der Waals surface area contributed by atoms with Crippen molar-refractivity contribution in [1.82, 2.24) is 0 Å². The van der Waals surface area contributed by atoms with Crippen molar-refractivity contribution in [2.75, 3.05) is 20.9 Å². The number of carbonyl (C=O) groups excluding carboxylic acids is 1. The minimum Gasteiger partial charge on any atom is -0.325 e. The Balaban J connectivity index is 1.56. The third kappa shape index (κ3) is 6.76. The number of aryl methyl sites for hydroxylation is 1. The summed E-state index contributed by atoms with van der Waals surface area (Å²) in [7, 11) is -8.03. The van der Waals surface area contributed by atoms with Crippen LogP contribution in [-0.2, 0) is 24.8 Å². The lowest BCUT2D eigenvalue weighted by molar-refractivity contribution is -0.114. The van der Waals surface area contributed by atoms with E-state index in [9.17, 15) is 21.6 Å². The fourth-order valence-electron chi connectivity index (χ4n) is 3.78. The predicted octanol–water partition coefficient (Wildman–Crippen LogP) is 6.25. The van der Waals surface area contributed by atoms with Gasteiger partial charge in [0.2, 0.25) is 5.91 Å². The molecule has 12 heteroatoms. The van der Waals surface area contributed by atoms with Crippen molar-refractivity contribution in [3.63, 3.8) is 0 Å². The minimum atomic E-state index is -4.14. The Kier molecular flexibility index (Phi) is 8.74. The van der Waals surface area contributed by atoms with Gasteiger partial charge in [-0.25, -0.2) is 16.8 Å². The molecule has 0 radical (unpaired) electrons. The largest absolute Gasteiger partial charge is 0.325 e. The third-order valence-electron chi connectivity index (χ3n) is 5.95. The summed E-state index contributed by atoms with van der Waals surface area (Å²) in [6, 6.07) is 22.8. The maximum Gasteiger partial charge on any atom is 0.264 e. The predicted molar refractivity (Wildman–Crippen MR) is 159 cm³/mol. The molecule has 0 bridgehead atoms. The van der Waals surface area contributed by atoms with E-state index in [4.69, 9.17) is 23.2 Å². The lowest BCUT2D eigenvalue weighted by atomic mass is 10.2. The number of benzene rings is 4. The monoisotopic (exact) mass is 617 g/mol. The summed E-state index contributed by atoms with van der Waals surface area (Å²) >= 11 is 12.1. The van der Waals surface area contributed by atoms with E-state index in [0.29, 0.717) is 21.3 Å². The van der Waals surface area contributed by atoms with Crippen LogP contribution in [0.15, 0.2) is 101 Å². The van der Waals surface area contributed by atoms with Crippen molar-refractivity contribution in [3.05, 3.63) is 112 Å². The third-order valence-corrected chi connectivity index (χ3v) is 9.78. The molecule has 4 rings (SSSR count). The van der Waals surface area contributed by atoms with Gasteiger partial charge in [-0.3, -0.25) is 13.8 Å². The number of nitrogens with zero attached hydrogens (tertiary/aromatic N) is 1. The summed E-state index contributed by atoms with van der Waals surface area (Å²) < 4.78 is 56.2. The molecule has 0 heterocycles. The number of sulfonamides is 2. The molecular formula is C28H25Cl2N3O5S2. The first kappa shape index (κ1) is 29.4. The van der Waals surface area contributed by atoms with Crippen LogP contribution in [0.1, 0.15) is 11.1 Å². The highest BCUT2D eigenvalue weighted by molar-refractivity contribution is 7.93. The summed E-state index contributed by atoms with van der Waals surface area (Å²) in [5.41, 5.74) is 2.27. The number of amides is 1. The zero-order chi connectivity index (χ0) is 29.1. The van der Waals surface area contributed by atoms with E-state index in [1.807, 2.05) is 6.92 Å². The zero-order valence-corrected chi connectivity index (χ0v) is 24.6. The number of rotatable bonds is 9. The lowest BCUT2D eigenvalue weighted by Crippen LogP contribution is -2.38. The highest BCUT2D eigenvalue weighted by Gasteiger charge is 2.29. The molecule has 0 atom stereocenters. The number of carbonyl (C=O) groups is 1. The molecule has 2 N–H and O–H groups in total. The Morgan fingerprint density at radius 1 is 0.750 bits per heavy atom. The van der Waals surface area contributed by atoms with Crippen molar-refractivity contribution in [2.24, 2.45) is 0 Å². The van der Waals surface area contributed by atoms with E-state index in [0.717, 1.165) is 9.87 Å². The van der Waals surface area contributed by atoms with Gasteiger partial charge in [0.05, 0.1) is 15.5 Å². The van der Waals surface area contributed by atoms with Crippen LogP contribution >= 0.6 is 23.2 Å². The molecule has 1 amide bonds. The molecule has 0 aromatic heterocycles. The number of halogens is 2. The molecule has 0 unspecified atom stereocenters. The highest BCUT2D eigenvalue weighted by Crippen LogP contribution is 2.31. The number of hydrogen-bond donors (Lipinski definition) is 2. The Hall–Kier alpha value is -3.57. The number of hydrogen-bond acceptors (Lipinski definition) is 5. The van der Waals surface area contributed by atoms with Gasteiger partial charge in [0.1, 0.15) is 6.54 Å². The SMILES string of the molecule is Cc1ccc(S(=O)(=O)N(CC(=O)Nc2ccc(S(=O)(=O)Nc3ccc(Cl)cc3)cc2)c2cccc(Cl)c2C)cc1. The first-order valence-corrected chi connectivity index (χ1v) is 15.6. The Labute approximate surface area is 243 Å². The zero-order valence-electron chi connectivity index (χ0n) is 21.4. The van der Waals surface area contributed by atoms with Gasteiger partial charge >= 0.3 is 0 Å². The van der Waals surface area contributed by atoms with Gasteiger partial charge in [-0.15, -0.1) is 0 Å². The van der Waals surface area contributed by atoms with E-state index >= 15 is 0 Å². The smallest absolute Gasteiger partial charge is 0.264 e. The fourth-order valence-corrected chi connectivity index (χ4v) is 6.62. The molecule has 0 spiro atoms. The molecule has 4 aromatic rings. The molecular weight excluding hydrogens is 593 g/mol. The highest BCUT2D eigenvalue weighted by atomic mass is 35.5. The van der Waals surface area contributed by atoms with Crippen LogP contribution in [0.3, 0.4) is 0 Å². The van der Waals surface area contributed by atoms with Gasteiger partial charge in [-0.2, -0.15) is 0 Å². The van der Waals surface area contributed by atoms with Crippen LogP contribution < -0.4 is 14.3 Å². The number of nitrogens with one attached hydrogen (secondary N) is 2. The summed E-state index contributed by atoms with van der Waals surface area (Å²) in [6.45, 7) is 2.97. The second-order valence-corrected chi connectivity index (χ2v) is 13.3. The Morgan fingerprint density at radius 3 is 1.95 bits per heavy atom. The van der Waals surface area contributed by atoms with Crippen LogP contribution in [0.25, 0.3) is 0 Å².